The van der Waals surface area contributed by atoms with Crippen LogP contribution in [0.15, 0.2) is 46.8 Å². The Bertz CT molecular complexity index is 1210. The monoisotopic (exact) mass is 493 g/mol. The van der Waals surface area contributed by atoms with E-state index >= 15 is 0 Å². The molecule has 1 amide bonds. The van der Waals surface area contributed by atoms with Gasteiger partial charge in [0.05, 0.1) is 44.9 Å². The lowest BCUT2D eigenvalue weighted by atomic mass is 10.2. The molecule has 2 heterocycles. The van der Waals surface area contributed by atoms with Gasteiger partial charge in [-0.05, 0) is 24.3 Å². The largest absolute Gasteiger partial charge is 0.489 e. The number of hydrogen-bond donors (Lipinski definition) is 3. The average molecular weight is 493 g/mol. The van der Waals surface area contributed by atoms with E-state index < -0.39 is 21.9 Å². The van der Waals surface area contributed by atoms with Gasteiger partial charge in [0.2, 0.25) is 5.75 Å². The summed E-state index contributed by atoms with van der Waals surface area (Å²) in [5.41, 5.74) is 0.451. The van der Waals surface area contributed by atoms with Crippen molar-refractivity contribution < 1.29 is 37.3 Å². The molecule has 0 saturated heterocycles. The van der Waals surface area contributed by atoms with Gasteiger partial charge >= 0.3 is 5.97 Å². The number of β-amino-alcohol motifs (C(OH)–C–C–N with tert-alkyl or cyclic N) is 1. The lowest BCUT2D eigenvalue weighted by Crippen LogP contribution is -2.31. The number of ether oxygens (including phenoxy) is 3. The minimum atomic E-state index is -4.06. The Morgan fingerprint density at radius 3 is 2.44 bits per heavy atom. The number of nitrogens with one attached hydrogen (secondary N) is 2. The lowest BCUT2D eigenvalue weighted by Gasteiger charge is -2.15. The molecule has 0 atom stereocenters. The number of aromatic nitrogens is 2. The van der Waals surface area contributed by atoms with Gasteiger partial charge in [-0.3, -0.25) is 9.52 Å². The third kappa shape index (κ3) is 5.02. The molecule has 1 aliphatic heterocycles. The van der Waals surface area contributed by atoms with Crippen molar-refractivity contribution in [2.24, 2.45) is 0 Å². The molecule has 3 N–H and O–H groups in total. The van der Waals surface area contributed by atoms with Crippen molar-refractivity contribution in [2.75, 3.05) is 51.1 Å². The van der Waals surface area contributed by atoms with Crippen molar-refractivity contribution in [1.82, 2.24) is 14.9 Å². The van der Waals surface area contributed by atoms with Crippen molar-refractivity contribution in [3.8, 4) is 11.6 Å². The molecule has 0 saturated carbocycles. The minimum Gasteiger partial charge on any atom is -0.489 e. The van der Waals surface area contributed by atoms with E-state index in [1.165, 1.54) is 50.5 Å². The van der Waals surface area contributed by atoms with Crippen molar-refractivity contribution in [3.05, 3.63) is 41.9 Å². The average Bonchev–Trinajstić information content (AvgIpc) is 3.13. The quantitative estimate of drug-likeness (QED) is 0.380. The summed E-state index contributed by atoms with van der Waals surface area (Å²) >= 11 is 0. The van der Waals surface area contributed by atoms with Crippen LogP contribution in [0, 0.1) is 0 Å². The summed E-state index contributed by atoms with van der Waals surface area (Å²) in [4.78, 5) is 33.6. The number of benzene rings is 1. The van der Waals surface area contributed by atoms with Gasteiger partial charge in [-0.1, -0.05) is 0 Å². The summed E-state index contributed by atoms with van der Waals surface area (Å²) in [6, 6.07) is 5.46. The van der Waals surface area contributed by atoms with Gasteiger partial charge < -0.3 is 29.5 Å². The first kappa shape index (κ1) is 24.7. The third-order valence-corrected chi connectivity index (χ3v) is 6.14. The molecule has 182 valence electrons. The molecule has 1 aliphatic rings. The number of methoxy groups -OCH3 is 3. The van der Waals surface area contributed by atoms with Crippen LogP contribution in [0.1, 0.15) is 0 Å². The first-order chi connectivity index (χ1) is 16.2. The molecule has 1 aromatic carbocycles. The van der Waals surface area contributed by atoms with Crippen LogP contribution in [-0.4, -0.2) is 81.3 Å². The van der Waals surface area contributed by atoms with Gasteiger partial charge in [0.15, 0.2) is 5.82 Å². The number of aliphatic hydroxyl groups excluding tert-OH is 1. The Labute approximate surface area is 195 Å². The molecule has 34 heavy (non-hydrogen) atoms. The summed E-state index contributed by atoms with van der Waals surface area (Å²) in [6.45, 7) is -0.240. The highest BCUT2D eigenvalue weighted by Crippen LogP contribution is 2.32. The smallest absolute Gasteiger partial charge is 0.337 e. The molecule has 0 fully saturated rings. The van der Waals surface area contributed by atoms with E-state index in [0.29, 0.717) is 5.69 Å². The highest BCUT2D eigenvalue weighted by Gasteiger charge is 2.34. The van der Waals surface area contributed by atoms with Gasteiger partial charge in [0.25, 0.3) is 21.8 Å². The fourth-order valence-electron chi connectivity index (χ4n) is 3.16. The van der Waals surface area contributed by atoms with E-state index in [0.717, 1.165) is 6.33 Å². The zero-order chi connectivity index (χ0) is 24.9. The molecule has 0 unspecified atom stereocenters. The first-order valence-electron chi connectivity index (χ1n) is 9.80. The maximum atomic E-state index is 12.8. The molecule has 3 rings (SSSR count). The lowest BCUT2D eigenvalue weighted by molar-refractivity contribution is -0.136. The number of aliphatic hydroxyl groups is 1. The fourth-order valence-corrected chi connectivity index (χ4v) is 4.17. The van der Waals surface area contributed by atoms with Crippen LogP contribution in [0.2, 0.25) is 0 Å². The Morgan fingerprint density at radius 1 is 1.15 bits per heavy atom. The number of anilines is 2. The van der Waals surface area contributed by atoms with Crippen LogP contribution in [0.3, 0.4) is 0 Å². The highest BCUT2D eigenvalue weighted by molar-refractivity contribution is 7.92. The van der Waals surface area contributed by atoms with Gasteiger partial charge in [-0.2, -0.15) is 4.98 Å². The summed E-state index contributed by atoms with van der Waals surface area (Å²) in [5, 5.41) is 12.0. The number of carbonyl (C=O) groups is 2. The Morgan fingerprint density at radius 2 is 1.85 bits per heavy atom. The van der Waals surface area contributed by atoms with Crippen LogP contribution in [0.25, 0.3) is 0 Å². The first-order valence-corrected chi connectivity index (χ1v) is 11.3. The number of carbonyl (C=O) groups excluding carboxylic acids is 2. The molecule has 14 heteroatoms. The number of hydrogen-bond acceptors (Lipinski definition) is 11. The second-order valence-electron chi connectivity index (χ2n) is 6.82. The van der Waals surface area contributed by atoms with E-state index in [-0.39, 0.29) is 53.3 Å². The fraction of sp³-hybridized carbons (Fsp3) is 0.300. The van der Waals surface area contributed by atoms with E-state index in [2.05, 4.69) is 20.0 Å². The molecular weight excluding hydrogens is 470 g/mol. The SMILES string of the molecule is COC(=O)C1=C(Nc2ccc(S(=O)(=O)Nc3ncnc(OC)c3OC)cc2)C(=O)N(CCO)C1. The van der Waals surface area contributed by atoms with E-state index in [4.69, 9.17) is 19.3 Å². The van der Waals surface area contributed by atoms with Gasteiger partial charge in [-0.15, -0.1) is 0 Å². The number of rotatable bonds is 10. The Kier molecular flexibility index (Phi) is 7.53. The van der Waals surface area contributed by atoms with Crippen LogP contribution in [0.4, 0.5) is 11.5 Å². The van der Waals surface area contributed by atoms with Crippen molar-refractivity contribution in [1.29, 1.82) is 0 Å². The van der Waals surface area contributed by atoms with E-state index in [1.54, 1.807) is 0 Å². The zero-order valence-electron chi connectivity index (χ0n) is 18.6. The standard InChI is InChI=1S/C20H23N5O8S/c1-31-16-17(21-11-22-18(16)32-2)24-34(29,30)13-6-4-12(5-7-13)23-15-14(20(28)33-3)10-25(8-9-26)19(15)27/h4-7,11,23,26H,8-10H2,1-3H3,(H,21,22,24). The van der Waals surface area contributed by atoms with Gasteiger partial charge in [0.1, 0.15) is 12.0 Å². The summed E-state index contributed by atoms with van der Waals surface area (Å²) in [5.74, 6) is -1.21. The summed E-state index contributed by atoms with van der Waals surface area (Å²) in [6.07, 6.45) is 1.12. The molecule has 1 aromatic heterocycles. The molecule has 0 bridgehead atoms. The molecule has 0 radical (unpaired) electrons. The van der Waals surface area contributed by atoms with Crippen LogP contribution in [-0.2, 0) is 24.3 Å². The van der Waals surface area contributed by atoms with Crippen molar-refractivity contribution in [3.63, 3.8) is 0 Å². The Hall–Kier alpha value is -3.91. The maximum absolute atomic E-state index is 12.8. The molecule has 2 aromatic rings. The van der Waals surface area contributed by atoms with Crippen LogP contribution in [0.5, 0.6) is 11.6 Å². The topological polar surface area (TPSA) is 169 Å². The molecule has 0 aliphatic carbocycles. The number of amides is 1. The molecule has 0 spiro atoms. The van der Waals surface area contributed by atoms with E-state index in [1.807, 2.05) is 0 Å². The minimum absolute atomic E-state index is 0.00755. The summed E-state index contributed by atoms with van der Waals surface area (Å²) in [7, 11) is -0.190. The Balaban J connectivity index is 1.83. The molecule has 13 nitrogen and oxygen atoms in total. The molecular formula is C20H23N5O8S. The van der Waals surface area contributed by atoms with Crippen LogP contribution >= 0.6 is 0 Å². The number of nitrogens with zero attached hydrogens (tertiary/aromatic N) is 3. The van der Waals surface area contributed by atoms with Crippen LogP contribution < -0.4 is 19.5 Å². The third-order valence-electron chi connectivity index (χ3n) is 4.79. The maximum Gasteiger partial charge on any atom is 0.337 e. The second-order valence-corrected chi connectivity index (χ2v) is 8.50. The number of sulfonamides is 1. The normalized spacial score (nSPS) is 13.6. The predicted molar refractivity (Wildman–Crippen MR) is 119 cm³/mol. The van der Waals surface area contributed by atoms with Crippen molar-refractivity contribution in [2.45, 2.75) is 4.90 Å². The highest BCUT2D eigenvalue weighted by atomic mass is 32.2. The van der Waals surface area contributed by atoms with Gasteiger partial charge in [-0.25, -0.2) is 18.2 Å². The zero-order valence-corrected chi connectivity index (χ0v) is 19.4. The summed E-state index contributed by atoms with van der Waals surface area (Å²) < 4.78 is 42.9. The van der Waals surface area contributed by atoms with Gasteiger partial charge in [0, 0.05) is 12.2 Å². The predicted octanol–water partition coefficient (Wildman–Crippen LogP) is -0.0319. The van der Waals surface area contributed by atoms with E-state index in [9.17, 15) is 18.0 Å². The van der Waals surface area contributed by atoms with Crippen molar-refractivity contribution >= 4 is 33.4 Å². The second kappa shape index (κ2) is 10.4. The number of esters is 1.